The molecule has 1 atom stereocenters. The first kappa shape index (κ1) is 15.4. The van der Waals surface area contributed by atoms with Crippen molar-refractivity contribution in [3.05, 3.63) is 23.4 Å². The number of hydrogen-bond donors (Lipinski definition) is 0. The van der Waals surface area contributed by atoms with Crippen molar-refractivity contribution in [1.82, 2.24) is 20.1 Å². The Morgan fingerprint density at radius 3 is 2.59 bits per heavy atom. The van der Waals surface area contributed by atoms with Gasteiger partial charge in [0.2, 0.25) is 11.8 Å². The summed E-state index contributed by atoms with van der Waals surface area (Å²) in [5.41, 5.74) is 0. The van der Waals surface area contributed by atoms with Crippen LogP contribution in [-0.2, 0) is 6.42 Å². The Bertz CT molecular complexity index is 575. The largest absolute Gasteiger partial charge is 0.424 e. The van der Waals surface area contributed by atoms with E-state index in [0.717, 1.165) is 49.5 Å². The maximum absolute atomic E-state index is 5.82. The number of hydrogen-bond acceptors (Lipinski definition) is 7. The minimum Gasteiger partial charge on any atom is -0.424 e. The van der Waals surface area contributed by atoms with Crippen molar-refractivity contribution in [2.45, 2.75) is 33.2 Å². The average molecular weight is 321 g/mol. The third-order valence-corrected chi connectivity index (χ3v) is 4.81. The molecule has 1 aliphatic rings. The van der Waals surface area contributed by atoms with Crippen molar-refractivity contribution in [3.8, 4) is 0 Å². The van der Waals surface area contributed by atoms with Crippen LogP contribution >= 0.6 is 11.3 Å². The van der Waals surface area contributed by atoms with Crippen LogP contribution in [0.5, 0.6) is 0 Å². The first-order chi connectivity index (χ1) is 10.6. The van der Waals surface area contributed by atoms with Crippen LogP contribution in [0.15, 0.2) is 16.0 Å². The third-order valence-electron chi connectivity index (χ3n) is 3.97. The quantitative estimate of drug-likeness (QED) is 0.844. The van der Waals surface area contributed by atoms with E-state index in [1.54, 1.807) is 11.3 Å². The normalized spacial score (nSPS) is 18.1. The van der Waals surface area contributed by atoms with Crippen molar-refractivity contribution in [2.75, 3.05) is 31.1 Å². The fourth-order valence-electron chi connectivity index (χ4n) is 2.70. The second-order valence-electron chi connectivity index (χ2n) is 6.15. The van der Waals surface area contributed by atoms with Gasteiger partial charge in [0.05, 0.1) is 6.04 Å². The zero-order valence-electron chi connectivity index (χ0n) is 13.4. The Kier molecular flexibility index (Phi) is 4.73. The van der Waals surface area contributed by atoms with E-state index < -0.39 is 0 Å². The Balaban J connectivity index is 1.57. The van der Waals surface area contributed by atoms with Crippen LogP contribution in [0.2, 0.25) is 0 Å². The second kappa shape index (κ2) is 6.75. The minimum absolute atomic E-state index is 0.173. The van der Waals surface area contributed by atoms with E-state index in [1.807, 2.05) is 11.6 Å². The third kappa shape index (κ3) is 3.47. The maximum atomic E-state index is 5.82. The standard InChI is InChI=1S/C15H23N5OS/c1-11(2)10-13-17-18-14(21-13)12(3)19-5-7-20(8-6-19)15-16-4-9-22-15/h4,9,11-12H,5-8,10H2,1-3H3. The van der Waals surface area contributed by atoms with Crippen molar-refractivity contribution < 1.29 is 4.42 Å². The summed E-state index contributed by atoms with van der Waals surface area (Å²) in [7, 11) is 0. The Morgan fingerprint density at radius 1 is 1.18 bits per heavy atom. The number of anilines is 1. The molecule has 0 aromatic carbocycles. The van der Waals surface area contributed by atoms with Crippen LogP contribution in [0.1, 0.15) is 38.6 Å². The molecular formula is C15H23N5OS. The molecule has 0 spiro atoms. The molecule has 2 aromatic rings. The molecule has 1 unspecified atom stereocenters. The number of piperazine rings is 1. The Labute approximate surface area is 135 Å². The minimum atomic E-state index is 0.173. The van der Waals surface area contributed by atoms with E-state index in [2.05, 4.69) is 45.8 Å². The summed E-state index contributed by atoms with van der Waals surface area (Å²) in [6.45, 7) is 10.4. The molecular weight excluding hydrogens is 298 g/mol. The molecule has 2 aromatic heterocycles. The van der Waals surface area contributed by atoms with Gasteiger partial charge in [0.1, 0.15) is 0 Å². The summed E-state index contributed by atoms with van der Waals surface area (Å²) in [4.78, 5) is 9.12. The summed E-state index contributed by atoms with van der Waals surface area (Å²) in [6.07, 6.45) is 2.71. The zero-order valence-corrected chi connectivity index (χ0v) is 14.2. The SMILES string of the molecule is CC(C)Cc1nnc(C(C)N2CCN(c3nccs3)CC2)o1. The Hall–Kier alpha value is -1.47. The highest BCUT2D eigenvalue weighted by atomic mass is 32.1. The second-order valence-corrected chi connectivity index (χ2v) is 7.02. The summed E-state index contributed by atoms with van der Waals surface area (Å²) in [5.74, 6) is 2.02. The van der Waals surface area contributed by atoms with E-state index >= 15 is 0 Å². The summed E-state index contributed by atoms with van der Waals surface area (Å²) in [6, 6.07) is 0.173. The fourth-order valence-corrected chi connectivity index (χ4v) is 3.39. The van der Waals surface area contributed by atoms with Gasteiger partial charge >= 0.3 is 0 Å². The molecule has 0 aliphatic carbocycles. The lowest BCUT2D eigenvalue weighted by Crippen LogP contribution is -2.47. The average Bonchev–Trinajstić information content (AvgIpc) is 3.17. The molecule has 0 radical (unpaired) electrons. The predicted octanol–water partition coefficient (Wildman–Crippen LogP) is 2.61. The van der Waals surface area contributed by atoms with Crippen molar-refractivity contribution in [3.63, 3.8) is 0 Å². The molecule has 1 aliphatic heterocycles. The van der Waals surface area contributed by atoms with Gasteiger partial charge in [-0.3, -0.25) is 4.90 Å². The molecule has 3 heterocycles. The fraction of sp³-hybridized carbons (Fsp3) is 0.667. The van der Waals surface area contributed by atoms with Gasteiger partial charge in [-0.25, -0.2) is 4.98 Å². The molecule has 7 heteroatoms. The number of aromatic nitrogens is 3. The van der Waals surface area contributed by atoms with E-state index in [1.165, 1.54) is 0 Å². The van der Waals surface area contributed by atoms with Crippen LogP contribution in [0, 0.1) is 5.92 Å². The maximum Gasteiger partial charge on any atom is 0.233 e. The van der Waals surface area contributed by atoms with E-state index in [-0.39, 0.29) is 6.04 Å². The number of nitrogens with zero attached hydrogens (tertiary/aromatic N) is 5. The number of thiazole rings is 1. The molecule has 120 valence electrons. The van der Waals surface area contributed by atoms with Gasteiger partial charge in [-0.2, -0.15) is 0 Å². The van der Waals surface area contributed by atoms with E-state index in [4.69, 9.17) is 4.42 Å². The van der Waals surface area contributed by atoms with Crippen LogP contribution in [0.25, 0.3) is 0 Å². The van der Waals surface area contributed by atoms with Crippen molar-refractivity contribution >= 4 is 16.5 Å². The van der Waals surface area contributed by atoms with Crippen molar-refractivity contribution in [2.24, 2.45) is 5.92 Å². The lowest BCUT2D eigenvalue weighted by Gasteiger charge is -2.36. The van der Waals surface area contributed by atoms with Gasteiger partial charge in [0, 0.05) is 44.2 Å². The molecule has 0 amide bonds. The molecule has 22 heavy (non-hydrogen) atoms. The zero-order chi connectivity index (χ0) is 15.5. The summed E-state index contributed by atoms with van der Waals surface area (Å²) in [5, 5.41) is 11.5. The van der Waals surface area contributed by atoms with Gasteiger partial charge in [0.15, 0.2) is 5.13 Å². The van der Waals surface area contributed by atoms with Gasteiger partial charge in [-0.1, -0.05) is 13.8 Å². The molecule has 0 bridgehead atoms. The van der Waals surface area contributed by atoms with Gasteiger partial charge in [0.25, 0.3) is 0 Å². The van der Waals surface area contributed by atoms with Crippen LogP contribution in [-0.4, -0.2) is 46.3 Å². The molecule has 1 saturated heterocycles. The lowest BCUT2D eigenvalue weighted by molar-refractivity contribution is 0.171. The van der Waals surface area contributed by atoms with Crippen LogP contribution in [0.3, 0.4) is 0 Å². The van der Waals surface area contributed by atoms with Gasteiger partial charge in [-0.05, 0) is 12.8 Å². The molecule has 6 nitrogen and oxygen atoms in total. The number of rotatable bonds is 5. The van der Waals surface area contributed by atoms with Crippen LogP contribution in [0.4, 0.5) is 5.13 Å². The molecule has 1 fully saturated rings. The van der Waals surface area contributed by atoms with Gasteiger partial charge < -0.3 is 9.32 Å². The summed E-state index contributed by atoms with van der Waals surface area (Å²) < 4.78 is 5.82. The van der Waals surface area contributed by atoms with Crippen molar-refractivity contribution in [1.29, 1.82) is 0 Å². The predicted molar refractivity (Wildman–Crippen MR) is 87.2 cm³/mol. The smallest absolute Gasteiger partial charge is 0.233 e. The summed E-state index contributed by atoms with van der Waals surface area (Å²) >= 11 is 1.70. The molecule has 0 saturated carbocycles. The molecule has 3 rings (SSSR count). The highest BCUT2D eigenvalue weighted by molar-refractivity contribution is 7.13. The first-order valence-electron chi connectivity index (χ1n) is 7.84. The highest BCUT2D eigenvalue weighted by Crippen LogP contribution is 2.24. The topological polar surface area (TPSA) is 58.3 Å². The molecule has 0 N–H and O–H groups in total. The van der Waals surface area contributed by atoms with E-state index in [9.17, 15) is 0 Å². The van der Waals surface area contributed by atoms with Crippen LogP contribution < -0.4 is 4.90 Å². The first-order valence-corrected chi connectivity index (χ1v) is 8.72. The monoisotopic (exact) mass is 321 g/mol. The van der Waals surface area contributed by atoms with E-state index in [0.29, 0.717) is 5.92 Å². The Morgan fingerprint density at radius 2 is 1.95 bits per heavy atom. The van der Waals surface area contributed by atoms with Gasteiger partial charge in [-0.15, -0.1) is 21.5 Å². The lowest BCUT2D eigenvalue weighted by atomic mass is 10.1. The highest BCUT2D eigenvalue weighted by Gasteiger charge is 2.26.